The summed E-state index contributed by atoms with van der Waals surface area (Å²) in [4.78, 5) is 39.8. The molecule has 2 amide bonds. The predicted octanol–water partition coefficient (Wildman–Crippen LogP) is 1.42. The van der Waals surface area contributed by atoms with Crippen molar-refractivity contribution in [3.63, 3.8) is 0 Å². The van der Waals surface area contributed by atoms with Gasteiger partial charge in [0.1, 0.15) is 17.1 Å². The minimum Gasteiger partial charge on any atom is -0.496 e. The quantitative estimate of drug-likeness (QED) is 0.616. The van der Waals surface area contributed by atoms with E-state index in [-0.39, 0.29) is 18.9 Å². The molecule has 0 spiro atoms. The summed E-state index contributed by atoms with van der Waals surface area (Å²) < 4.78 is 24.3. The number of hydrogen-bond acceptors (Lipinski definition) is 6. The standard InChI is InChI=1S/C19H23FN2O5/c1-5-19(18(25)27-4)14-13(16(23)22(6-2)17(14)24)15(21-19)11-9-10(20)7-8-12(11)26-3/h7-9,13-15,21H,5-6H2,1-4H3/t13-,14-,15-,19-/m1/s1. The molecule has 2 fully saturated rings. The normalized spacial score (nSPS) is 29.8. The van der Waals surface area contributed by atoms with Crippen molar-refractivity contribution in [2.45, 2.75) is 31.8 Å². The number of esters is 1. The van der Waals surface area contributed by atoms with E-state index in [1.54, 1.807) is 13.8 Å². The van der Waals surface area contributed by atoms with E-state index >= 15 is 0 Å². The average molecular weight is 378 g/mol. The van der Waals surface area contributed by atoms with Crippen molar-refractivity contribution in [1.29, 1.82) is 0 Å². The first-order valence-electron chi connectivity index (χ1n) is 8.91. The van der Waals surface area contributed by atoms with Gasteiger partial charge in [0.2, 0.25) is 11.8 Å². The Hall–Kier alpha value is -2.48. The van der Waals surface area contributed by atoms with Gasteiger partial charge in [0.25, 0.3) is 0 Å². The van der Waals surface area contributed by atoms with Gasteiger partial charge in [0.15, 0.2) is 0 Å². The van der Waals surface area contributed by atoms with Gasteiger partial charge < -0.3 is 9.47 Å². The molecular weight excluding hydrogens is 355 g/mol. The van der Waals surface area contributed by atoms with Crippen LogP contribution in [0.1, 0.15) is 31.9 Å². The Kier molecular flexibility index (Phi) is 4.94. The van der Waals surface area contributed by atoms with Crippen molar-refractivity contribution >= 4 is 17.8 Å². The Morgan fingerprint density at radius 3 is 2.52 bits per heavy atom. The number of halogens is 1. The van der Waals surface area contributed by atoms with Crippen LogP contribution in [0.15, 0.2) is 18.2 Å². The van der Waals surface area contributed by atoms with Crippen LogP contribution in [0.3, 0.4) is 0 Å². The van der Waals surface area contributed by atoms with Gasteiger partial charge in [-0.2, -0.15) is 0 Å². The van der Waals surface area contributed by atoms with Gasteiger partial charge in [-0.25, -0.2) is 4.39 Å². The van der Waals surface area contributed by atoms with Crippen LogP contribution in [0.4, 0.5) is 4.39 Å². The van der Waals surface area contributed by atoms with E-state index in [1.165, 1.54) is 32.4 Å². The molecule has 27 heavy (non-hydrogen) atoms. The first kappa shape index (κ1) is 19.3. The third-order valence-electron chi connectivity index (χ3n) is 5.70. The molecule has 0 saturated carbocycles. The number of fused-ring (bicyclic) bond motifs is 1. The van der Waals surface area contributed by atoms with Gasteiger partial charge in [-0.05, 0) is 31.5 Å². The van der Waals surface area contributed by atoms with E-state index in [9.17, 15) is 18.8 Å². The maximum absolute atomic E-state index is 14.0. The summed E-state index contributed by atoms with van der Waals surface area (Å²) in [7, 11) is 2.68. The lowest BCUT2D eigenvalue weighted by molar-refractivity contribution is -0.154. The van der Waals surface area contributed by atoms with Crippen LogP contribution in [-0.4, -0.2) is 49.0 Å². The third-order valence-corrected chi connectivity index (χ3v) is 5.70. The highest BCUT2D eigenvalue weighted by Gasteiger charge is 2.68. The summed E-state index contributed by atoms with van der Waals surface area (Å²) in [5.74, 6) is -3.29. The van der Waals surface area contributed by atoms with Crippen molar-refractivity contribution in [2.24, 2.45) is 11.8 Å². The van der Waals surface area contributed by atoms with Crippen LogP contribution in [0, 0.1) is 17.7 Å². The second kappa shape index (κ2) is 6.92. The van der Waals surface area contributed by atoms with Crippen LogP contribution in [0.5, 0.6) is 5.75 Å². The number of carbonyl (C=O) groups excluding carboxylic acids is 3. The van der Waals surface area contributed by atoms with E-state index in [2.05, 4.69) is 5.32 Å². The van der Waals surface area contributed by atoms with Gasteiger partial charge in [-0.15, -0.1) is 0 Å². The summed E-state index contributed by atoms with van der Waals surface area (Å²) in [6, 6.07) is 3.22. The number of rotatable bonds is 5. The Morgan fingerprint density at radius 2 is 1.96 bits per heavy atom. The Bertz CT molecular complexity index is 798. The molecule has 2 aliphatic heterocycles. The van der Waals surface area contributed by atoms with E-state index in [1.807, 2.05) is 0 Å². The molecule has 0 aromatic heterocycles. The van der Waals surface area contributed by atoms with Crippen LogP contribution in [-0.2, 0) is 19.1 Å². The number of benzene rings is 1. The van der Waals surface area contributed by atoms with Crippen molar-refractivity contribution in [3.05, 3.63) is 29.6 Å². The number of ether oxygens (including phenoxy) is 2. The minimum atomic E-state index is -1.36. The largest absolute Gasteiger partial charge is 0.496 e. The van der Waals surface area contributed by atoms with E-state index in [0.29, 0.717) is 11.3 Å². The number of methoxy groups -OCH3 is 2. The minimum absolute atomic E-state index is 0.207. The smallest absolute Gasteiger partial charge is 0.326 e. The predicted molar refractivity (Wildman–Crippen MR) is 93.2 cm³/mol. The van der Waals surface area contributed by atoms with E-state index in [4.69, 9.17) is 9.47 Å². The van der Waals surface area contributed by atoms with Crippen molar-refractivity contribution in [3.8, 4) is 5.75 Å². The Balaban J connectivity index is 2.20. The number of nitrogens with one attached hydrogen (secondary N) is 1. The lowest BCUT2D eigenvalue weighted by atomic mass is 9.78. The lowest BCUT2D eigenvalue weighted by Crippen LogP contribution is -2.55. The maximum atomic E-state index is 14.0. The zero-order valence-corrected chi connectivity index (χ0v) is 15.7. The highest BCUT2D eigenvalue weighted by atomic mass is 19.1. The van der Waals surface area contributed by atoms with Crippen molar-refractivity contribution in [2.75, 3.05) is 20.8 Å². The van der Waals surface area contributed by atoms with Gasteiger partial charge >= 0.3 is 5.97 Å². The summed E-state index contributed by atoms with van der Waals surface area (Å²) in [6.07, 6.45) is 0.242. The molecule has 2 heterocycles. The fourth-order valence-electron chi connectivity index (χ4n) is 4.43. The number of nitrogens with zero attached hydrogens (tertiary/aromatic N) is 1. The zero-order valence-electron chi connectivity index (χ0n) is 15.7. The van der Waals surface area contributed by atoms with Crippen LogP contribution < -0.4 is 10.1 Å². The zero-order chi connectivity index (χ0) is 19.9. The fraction of sp³-hybridized carbons (Fsp3) is 0.526. The number of imide groups is 1. The molecule has 0 radical (unpaired) electrons. The first-order valence-corrected chi connectivity index (χ1v) is 8.91. The van der Waals surface area contributed by atoms with Crippen molar-refractivity contribution in [1.82, 2.24) is 10.2 Å². The highest BCUT2D eigenvalue weighted by molar-refractivity contribution is 6.09. The summed E-state index contributed by atoms with van der Waals surface area (Å²) >= 11 is 0. The molecule has 1 N–H and O–H groups in total. The Morgan fingerprint density at radius 1 is 1.26 bits per heavy atom. The molecule has 2 aliphatic rings. The number of hydrogen-bond donors (Lipinski definition) is 1. The van der Waals surface area contributed by atoms with E-state index in [0.717, 1.165) is 4.90 Å². The second-order valence-electron chi connectivity index (χ2n) is 6.75. The molecule has 7 nitrogen and oxygen atoms in total. The Labute approximate surface area is 156 Å². The molecule has 146 valence electrons. The number of likely N-dealkylation sites (tertiary alicyclic amines) is 1. The van der Waals surface area contributed by atoms with Crippen LogP contribution >= 0.6 is 0 Å². The molecule has 0 unspecified atom stereocenters. The number of amides is 2. The monoisotopic (exact) mass is 378 g/mol. The maximum Gasteiger partial charge on any atom is 0.326 e. The van der Waals surface area contributed by atoms with Crippen LogP contribution in [0.2, 0.25) is 0 Å². The summed E-state index contributed by atoms with van der Waals surface area (Å²) in [6.45, 7) is 3.66. The second-order valence-corrected chi connectivity index (χ2v) is 6.75. The molecule has 4 atom stereocenters. The molecule has 1 aromatic carbocycles. The number of carbonyl (C=O) groups is 3. The molecule has 1 aromatic rings. The van der Waals surface area contributed by atoms with Gasteiger partial charge in [-0.1, -0.05) is 6.92 Å². The first-order chi connectivity index (χ1) is 12.9. The molecule has 3 rings (SSSR count). The molecule has 0 bridgehead atoms. The topological polar surface area (TPSA) is 84.9 Å². The van der Waals surface area contributed by atoms with Gasteiger partial charge in [0.05, 0.1) is 26.1 Å². The highest BCUT2D eigenvalue weighted by Crippen LogP contribution is 2.51. The molecule has 2 saturated heterocycles. The van der Waals surface area contributed by atoms with Crippen LogP contribution in [0.25, 0.3) is 0 Å². The summed E-state index contributed by atoms with van der Waals surface area (Å²) in [5.41, 5.74) is -0.969. The molecular formula is C19H23FN2O5. The SMILES string of the molecule is CCN1C(=O)[C@H]2[C@@H](c3cc(F)ccc3OC)N[C@@](CC)(C(=O)OC)[C@H]2C1=O. The van der Waals surface area contributed by atoms with E-state index < -0.39 is 41.1 Å². The molecule has 0 aliphatic carbocycles. The fourth-order valence-corrected chi connectivity index (χ4v) is 4.43. The molecule has 8 heteroatoms. The van der Waals surface area contributed by atoms with Gasteiger partial charge in [-0.3, -0.25) is 24.6 Å². The average Bonchev–Trinajstić information content (AvgIpc) is 3.15. The van der Waals surface area contributed by atoms with Crippen molar-refractivity contribution < 1.29 is 28.2 Å². The summed E-state index contributed by atoms with van der Waals surface area (Å²) in [5, 5.41) is 3.14. The third kappa shape index (κ3) is 2.62. The lowest BCUT2D eigenvalue weighted by Gasteiger charge is -2.31. The van der Waals surface area contributed by atoms with Gasteiger partial charge in [0, 0.05) is 18.2 Å².